The molecule has 0 radical (unpaired) electrons. The van der Waals surface area contributed by atoms with Gasteiger partial charge >= 0.3 is 0 Å². The number of rotatable bonds is 5. The fourth-order valence-electron chi connectivity index (χ4n) is 1.52. The van der Waals surface area contributed by atoms with Crippen LogP contribution in [0.15, 0.2) is 30.3 Å². The highest BCUT2D eigenvalue weighted by atomic mass is 28.4. The number of hydrogen-bond donors (Lipinski definition) is 0. The molecule has 0 N–H and O–H groups in total. The van der Waals surface area contributed by atoms with Crippen LogP contribution in [0, 0.1) is 11.3 Å². The monoisotopic (exact) mass is 233 g/mol. The van der Waals surface area contributed by atoms with Crippen molar-refractivity contribution in [2.75, 3.05) is 0 Å². The van der Waals surface area contributed by atoms with Crippen molar-refractivity contribution in [2.24, 2.45) is 0 Å². The van der Waals surface area contributed by atoms with E-state index in [9.17, 15) is 0 Å². The Labute approximate surface area is 99.0 Å². The summed E-state index contributed by atoms with van der Waals surface area (Å²) in [7, 11) is -1.60. The summed E-state index contributed by atoms with van der Waals surface area (Å²) in [4.78, 5) is 0. The van der Waals surface area contributed by atoms with E-state index < -0.39 is 8.32 Å². The molecule has 86 valence electrons. The SMILES string of the molecule is C[Si](C)(C)O[C@H](C#N)CCc1ccccc1. The second-order valence-corrected chi connectivity index (χ2v) is 9.33. The van der Waals surface area contributed by atoms with Gasteiger partial charge in [0.2, 0.25) is 0 Å². The van der Waals surface area contributed by atoms with Crippen molar-refractivity contribution in [2.45, 2.75) is 38.6 Å². The Hall–Kier alpha value is -1.11. The first kappa shape index (κ1) is 13.0. The van der Waals surface area contributed by atoms with Crippen LogP contribution in [0.3, 0.4) is 0 Å². The maximum Gasteiger partial charge on any atom is 0.185 e. The van der Waals surface area contributed by atoms with Crippen LogP contribution < -0.4 is 0 Å². The first-order valence-electron chi connectivity index (χ1n) is 5.62. The Morgan fingerprint density at radius 3 is 2.38 bits per heavy atom. The van der Waals surface area contributed by atoms with E-state index in [2.05, 4.69) is 37.8 Å². The van der Waals surface area contributed by atoms with Gasteiger partial charge in [-0.3, -0.25) is 0 Å². The smallest absolute Gasteiger partial charge is 0.185 e. The van der Waals surface area contributed by atoms with Crippen molar-refractivity contribution in [3.63, 3.8) is 0 Å². The predicted octanol–water partition coefficient (Wildman–Crippen LogP) is 3.36. The minimum Gasteiger partial charge on any atom is -0.402 e. The molecule has 1 atom stereocenters. The molecule has 0 bridgehead atoms. The van der Waals surface area contributed by atoms with E-state index in [0.29, 0.717) is 0 Å². The molecule has 2 nitrogen and oxygen atoms in total. The van der Waals surface area contributed by atoms with Crippen molar-refractivity contribution in [1.29, 1.82) is 5.26 Å². The van der Waals surface area contributed by atoms with Crippen LogP contribution in [0.25, 0.3) is 0 Å². The molecule has 0 aliphatic rings. The quantitative estimate of drug-likeness (QED) is 0.731. The van der Waals surface area contributed by atoms with E-state index in [4.69, 9.17) is 9.69 Å². The molecule has 0 saturated carbocycles. The molecule has 1 aromatic carbocycles. The largest absolute Gasteiger partial charge is 0.402 e. The molecule has 0 unspecified atom stereocenters. The second-order valence-electron chi connectivity index (χ2n) is 4.87. The Morgan fingerprint density at radius 1 is 1.25 bits per heavy atom. The van der Waals surface area contributed by atoms with Gasteiger partial charge in [-0.2, -0.15) is 5.26 Å². The molecule has 0 amide bonds. The molecule has 0 saturated heterocycles. The maximum atomic E-state index is 9.01. The van der Waals surface area contributed by atoms with Crippen LogP contribution in [0.4, 0.5) is 0 Å². The molecule has 0 fully saturated rings. The topological polar surface area (TPSA) is 33.0 Å². The fourth-order valence-corrected chi connectivity index (χ4v) is 2.54. The number of nitrogens with zero attached hydrogens (tertiary/aromatic N) is 1. The predicted molar refractivity (Wildman–Crippen MR) is 68.6 cm³/mol. The van der Waals surface area contributed by atoms with Crippen LogP contribution in [0.1, 0.15) is 12.0 Å². The Balaban J connectivity index is 2.44. The lowest BCUT2D eigenvalue weighted by molar-refractivity contribution is 0.238. The van der Waals surface area contributed by atoms with Gasteiger partial charge in [0, 0.05) is 0 Å². The van der Waals surface area contributed by atoms with E-state index in [1.54, 1.807) is 0 Å². The maximum absolute atomic E-state index is 9.01. The molecule has 3 heteroatoms. The Morgan fingerprint density at radius 2 is 1.88 bits per heavy atom. The summed E-state index contributed by atoms with van der Waals surface area (Å²) in [5, 5.41) is 9.01. The average molecular weight is 233 g/mol. The van der Waals surface area contributed by atoms with Gasteiger partial charge in [0.15, 0.2) is 8.32 Å². The molecule has 0 heterocycles. The van der Waals surface area contributed by atoms with Crippen LogP contribution >= 0.6 is 0 Å². The van der Waals surface area contributed by atoms with Crippen molar-refractivity contribution in [3.05, 3.63) is 35.9 Å². The van der Waals surface area contributed by atoms with Gasteiger partial charge in [-0.05, 0) is 38.0 Å². The van der Waals surface area contributed by atoms with Gasteiger partial charge in [0.25, 0.3) is 0 Å². The zero-order chi connectivity index (χ0) is 12.0. The van der Waals surface area contributed by atoms with Crippen LogP contribution in [-0.2, 0) is 10.8 Å². The third-order valence-corrected chi connectivity index (χ3v) is 3.17. The molecule has 16 heavy (non-hydrogen) atoms. The second kappa shape index (κ2) is 5.83. The molecule has 0 aromatic heterocycles. The van der Waals surface area contributed by atoms with E-state index >= 15 is 0 Å². The Bertz CT molecular complexity index is 350. The van der Waals surface area contributed by atoms with E-state index in [0.717, 1.165) is 12.8 Å². The van der Waals surface area contributed by atoms with E-state index in [1.165, 1.54) is 5.56 Å². The molecule has 0 aliphatic heterocycles. The minimum absolute atomic E-state index is 0.258. The Kier molecular flexibility index (Phi) is 4.72. The summed E-state index contributed by atoms with van der Waals surface area (Å²) in [6.07, 6.45) is 1.43. The minimum atomic E-state index is -1.60. The van der Waals surface area contributed by atoms with E-state index in [1.807, 2.05) is 18.2 Å². The zero-order valence-electron chi connectivity index (χ0n) is 10.2. The lowest BCUT2D eigenvalue weighted by Crippen LogP contribution is -2.31. The molecule has 0 aliphatic carbocycles. The van der Waals surface area contributed by atoms with Gasteiger partial charge < -0.3 is 4.43 Å². The van der Waals surface area contributed by atoms with Crippen molar-refractivity contribution in [3.8, 4) is 6.07 Å². The summed E-state index contributed by atoms with van der Waals surface area (Å²) in [5.74, 6) is 0. The van der Waals surface area contributed by atoms with Gasteiger partial charge in [-0.25, -0.2) is 0 Å². The highest BCUT2D eigenvalue weighted by molar-refractivity contribution is 6.69. The normalized spacial score (nSPS) is 13.1. The van der Waals surface area contributed by atoms with Crippen LogP contribution in [0.5, 0.6) is 0 Å². The number of hydrogen-bond acceptors (Lipinski definition) is 2. The zero-order valence-corrected chi connectivity index (χ0v) is 11.2. The lowest BCUT2D eigenvalue weighted by atomic mass is 10.1. The highest BCUT2D eigenvalue weighted by Gasteiger charge is 2.20. The molecular weight excluding hydrogens is 214 g/mol. The molecule has 1 aromatic rings. The van der Waals surface area contributed by atoms with Crippen LogP contribution in [0.2, 0.25) is 19.6 Å². The summed E-state index contributed by atoms with van der Waals surface area (Å²) in [6, 6.07) is 12.5. The van der Waals surface area contributed by atoms with Crippen molar-refractivity contribution in [1.82, 2.24) is 0 Å². The molecule has 0 spiro atoms. The highest BCUT2D eigenvalue weighted by Crippen LogP contribution is 2.12. The first-order chi connectivity index (χ1) is 7.51. The lowest BCUT2D eigenvalue weighted by Gasteiger charge is -2.21. The van der Waals surface area contributed by atoms with Crippen LogP contribution in [-0.4, -0.2) is 14.4 Å². The summed E-state index contributed by atoms with van der Waals surface area (Å²) >= 11 is 0. The third kappa shape index (κ3) is 5.10. The first-order valence-corrected chi connectivity index (χ1v) is 9.03. The van der Waals surface area contributed by atoms with E-state index in [-0.39, 0.29) is 6.10 Å². The number of nitriles is 1. The summed E-state index contributed by atoms with van der Waals surface area (Å²) in [5.41, 5.74) is 1.27. The third-order valence-electron chi connectivity index (χ3n) is 2.18. The van der Waals surface area contributed by atoms with Gasteiger partial charge in [-0.15, -0.1) is 0 Å². The summed E-state index contributed by atoms with van der Waals surface area (Å²) in [6.45, 7) is 6.33. The summed E-state index contributed by atoms with van der Waals surface area (Å²) < 4.78 is 5.79. The fraction of sp³-hybridized carbons (Fsp3) is 0.462. The number of aryl methyl sites for hydroxylation is 1. The van der Waals surface area contributed by atoms with Crippen molar-refractivity contribution < 1.29 is 4.43 Å². The van der Waals surface area contributed by atoms with Gasteiger partial charge in [0.1, 0.15) is 6.10 Å². The molecule has 1 rings (SSSR count). The van der Waals surface area contributed by atoms with Gasteiger partial charge in [0.05, 0.1) is 6.07 Å². The number of benzene rings is 1. The average Bonchev–Trinajstić information content (AvgIpc) is 2.24. The van der Waals surface area contributed by atoms with Gasteiger partial charge in [-0.1, -0.05) is 30.3 Å². The standard InChI is InChI=1S/C13H19NOSi/c1-16(2,3)15-13(11-14)10-9-12-7-5-4-6-8-12/h4-8,13H,9-10H2,1-3H3/t13-/m0/s1. The van der Waals surface area contributed by atoms with Crippen molar-refractivity contribution >= 4 is 8.32 Å². The molecular formula is C13H19NOSi.